The van der Waals surface area contributed by atoms with Crippen LogP contribution in [0.1, 0.15) is 17.2 Å². The molecule has 0 aliphatic carbocycles. The van der Waals surface area contributed by atoms with Gasteiger partial charge in [-0.05, 0) is 42.0 Å². The normalized spacial score (nSPS) is 17.3. The maximum atomic E-state index is 13.4. The molecule has 1 atom stereocenters. The van der Waals surface area contributed by atoms with Crippen LogP contribution in [0.25, 0.3) is 0 Å². The molecule has 4 rings (SSSR count). The van der Waals surface area contributed by atoms with Crippen molar-refractivity contribution in [1.29, 1.82) is 0 Å². The molecule has 1 heterocycles. The van der Waals surface area contributed by atoms with Crippen LogP contribution >= 0.6 is 11.8 Å². The van der Waals surface area contributed by atoms with Gasteiger partial charge in [-0.3, -0.25) is 9.69 Å². The van der Waals surface area contributed by atoms with Crippen molar-refractivity contribution in [3.05, 3.63) is 78.4 Å². The Bertz CT molecular complexity index is 1090. The number of ether oxygens (including phenoxy) is 3. The summed E-state index contributed by atoms with van der Waals surface area (Å²) in [4.78, 5) is 19.9. The van der Waals surface area contributed by atoms with Gasteiger partial charge in [0.05, 0.1) is 32.7 Å². The Morgan fingerprint density at radius 3 is 2.03 bits per heavy atom. The third-order valence-corrected chi connectivity index (χ3v) is 6.31. The molecule has 7 heteroatoms. The third kappa shape index (κ3) is 4.43. The summed E-state index contributed by atoms with van der Waals surface area (Å²) >= 11 is 1.54. The number of nitrogens with zero attached hydrogens (tertiary/aromatic N) is 2. The molecule has 32 heavy (non-hydrogen) atoms. The Morgan fingerprint density at radius 1 is 0.875 bits per heavy atom. The van der Waals surface area contributed by atoms with Crippen molar-refractivity contribution in [2.24, 2.45) is 4.99 Å². The van der Waals surface area contributed by atoms with Crippen molar-refractivity contribution in [1.82, 2.24) is 0 Å². The number of rotatable bonds is 6. The number of hydrogen-bond acceptors (Lipinski definition) is 6. The van der Waals surface area contributed by atoms with Crippen LogP contribution in [0.2, 0.25) is 0 Å². The molecule has 0 spiro atoms. The standard InChI is InChI=1S/C25H24N2O4S/c1-29-20-14-17(15-21(30-2)24(20)31-3)22-16-23(28)27(19-12-8-5-9-13-19)25(32-22)26-18-10-6-4-7-11-18/h4-15,22H,16H2,1-3H3/t22-/m1/s1. The first-order chi connectivity index (χ1) is 15.6. The van der Waals surface area contributed by atoms with Crippen molar-refractivity contribution in [2.75, 3.05) is 26.2 Å². The largest absolute Gasteiger partial charge is 0.493 e. The Kier molecular flexibility index (Phi) is 6.66. The minimum absolute atomic E-state index is 0.0246. The fraction of sp³-hybridized carbons (Fsp3) is 0.200. The second-order valence-electron chi connectivity index (χ2n) is 7.06. The van der Waals surface area contributed by atoms with Crippen LogP contribution in [0.15, 0.2) is 77.8 Å². The van der Waals surface area contributed by atoms with Gasteiger partial charge in [0.2, 0.25) is 11.7 Å². The fourth-order valence-electron chi connectivity index (χ4n) is 3.57. The highest BCUT2D eigenvalue weighted by atomic mass is 32.2. The molecule has 6 nitrogen and oxygen atoms in total. The Morgan fingerprint density at radius 2 is 1.47 bits per heavy atom. The third-order valence-electron chi connectivity index (χ3n) is 5.10. The Balaban J connectivity index is 1.76. The molecule has 0 radical (unpaired) electrons. The van der Waals surface area contributed by atoms with Gasteiger partial charge >= 0.3 is 0 Å². The van der Waals surface area contributed by atoms with Gasteiger partial charge in [-0.25, -0.2) is 4.99 Å². The van der Waals surface area contributed by atoms with Crippen molar-refractivity contribution in [3.63, 3.8) is 0 Å². The first kappa shape index (κ1) is 21.8. The molecule has 0 unspecified atom stereocenters. The summed E-state index contributed by atoms with van der Waals surface area (Å²) in [5, 5.41) is 0.469. The van der Waals surface area contributed by atoms with E-state index >= 15 is 0 Å². The SMILES string of the molecule is COc1cc([C@H]2CC(=O)N(c3ccccc3)C(=Nc3ccccc3)S2)cc(OC)c1OC. The molecule has 1 saturated heterocycles. The zero-order valence-corrected chi connectivity index (χ0v) is 19.0. The number of carbonyl (C=O) groups is 1. The van der Waals surface area contributed by atoms with Gasteiger partial charge in [-0.15, -0.1) is 0 Å². The zero-order valence-electron chi connectivity index (χ0n) is 18.1. The van der Waals surface area contributed by atoms with Crippen molar-refractivity contribution >= 4 is 34.2 Å². The van der Waals surface area contributed by atoms with E-state index in [9.17, 15) is 4.79 Å². The molecule has 1 fully saturated rings. The van der Waals surface area contributed by atoms with E-state index in [2.05, 4.69) is 0 Å². The number of benzene rings is 3. The molecule has 1 aliphatic heterocycles. The van der Waals surface area contributed by atoms with E-state index in [1.165, 1.54) is 0 Å². The van der Waals surface area contributed by atoms with Gasteiger partial charge in [0.25, 0.3) is 0 Å². The maximum absolute atomic E-state index is 13.4. The first-order valence-electron chi connectivity index (χ1n) is 10.1. The number of anilines is 1. The summed E-state index contributed by atoms with van der Waals surface area (Å²) in [5.74, 6) is 1.61. The summed E-state index contributed by atoms with van der Waals surface area (Å²) < 4.78 is 16.5. The van der Waals surface area contributed by atoms with Crippen LogP contribution < -0.4 is 19.1 Å². The highest BCUT2D eigenvalue weighted by Crippen LogP contribution is 2.46. The minimum Gasteiger partial charge on any atom is -0.493 e. The van der Waals surface area contributed by atoms with E-state index in [0.717, 1.165) is 16.9 Å². The monoisotopic (exact) mass is 448 g/mol. The molecule has 0 N–H and O–H groups in total. The van der Waals surface area contributed by atoms with Crippen LogP contribution in [-0.4, -0.2) is 32.4 Å². The average molecular weight is 449 g/mol. The molecule has 1 amide bonds. The van der Waals surface area contributed by atoms with Gasteiger partial charge in [0, 0.05) is 11.7 Å². The lowest BCUT2D eigenvalue weighted by atomic mass is 10.1. The van der Waals surface area contributed by atoms with E-state index in [4.69, 9.17) is 19.2 Å². The van der Waals surface area contributed by atoms with Crippen molar-refractivity contribution < 1.29 is 19.0 Å². The van der Waals surface area contributed by atoms with Crippen LogP contribution in [0.4, 0.5) is 11.4 Å². The number of carbonyl (C=O) groups excluding carboxylic acids is 1. The van der Waals surface area contributed by atoms with E-state index in [1.807, 2.05) is 72.8 Å². The van der Waals surface area contributed by atoms with E-state index in [0.29, 0.717) is 28.8 Å². The van der Waals surface area contributed by atoms with E-state index in [-0.39, 0.29) is 11.2 Å². The summed E-state index contributed by atoms with van der Waals surface area (Å²) in [7, 11) is 4.74. The molecule has 3 aromatic carbocycles. The molecule has 3 aromatic rings. The number of amides is 1. The van der Waals surface area contributed by atoms with E-state index in [1.54, 1.807) is 38.0 Å². The van der Waals surface area contributed by atoms with Crippen LogP contribution in [0, 0.1) is 0 Å². The summed E-state index contributed by atoms with van der Waals surface area (Å²) in [6.07, 6.45) is 0.312. The number of amidine groups is 1. The smallest absolute Gasteiger partial charge is 0.234 e. The fourth-order valence-corrected chi connectivity index (χ4v) is 4.80. The lowest BCUT2D eigenvalue weighted by molar-refractivity contribution is -0.117. The average Bonchev–Trinajstić information content (AvgIpc) is 2.84. The molecular formula is C25H24N2O4S. The molecule has 0 saturated carbocycles. The topological polar surface area (TPSA) is 60.4 Å². The number of para-hydroxylation sites is 2. The van der Waals surface area contributed by atoms with Gasteiger partial charge < -0.3 is 14.2 Å². The zero-order chi connectivity index (χ0) is 22.5. The molecule has 0 bridgehead atoms. The highest BCUT2D eigenvalue weighted by Gasteiger charge is 2.35. The van der Waals surface area contributed by atoms with Gasteiger partial charge in [0.1, 0.15) is 0 Å². The summed E-state index contributed by atoms with van der Waals surface area (Å²) in [6.45, 7) is 0. The quantitative estimate of drug-likeness (QED) is 0.490. The van der Waals surface area contributed by atoms with Crippen LogP contribution in [0.3, 0.4) is 0 Å². The predicted octanol–water partition coefficient (Wildman–Crippen LogP) is 5.61. The second kappa shape index (κ2) is 9.78. The highest BCUT2D eigenvalue weighted by molar-refractivity contribution is 8.14. The van der Waals surface area contributed by atoms with Crippen LogP contribution in [-0.2, 0) is 4.79 Å². The van der Waals surface area contributed by atoms with Crippen molar-refractivity contribution in [2.45, 2.75) is 11.7 Å². The Labute approximate surface area is 191 Å². The molecule has 164 valence electrons. The number of aliphatic imine (C=N–C) groups is 1. The van der Waals surface area contributed by atoms with Crippen LogP contribution in [0.5, 0.6) is 17.2 Å². The maximum Gasteiger partial charge on any atom is 0.234 e. The summed E-state index contributed by atoms with van der Waals surface area (Å²) in [5.41, 5.74) is 2.49. The molecule has 0 aromatic heterocycles. The number of hydrogen-bond donors (Lipinski definition) is 0. The lowest BCUT2D eigenvalue weighted by Gasteiger charge is -2.33. The van der Waals surface area contributed by atoms with Gasteiger partial charge in [-0.2, -0.15) is 0 Å². The number of methoxy groups -OCH3 is 3. The van der Waals surface area contributed by atoms with E-state index < -0.39 is 0 Å². The lowest BCUT2D eigenvalue weighted by Crippen LogP contribution is -2.40. The molecular weight excluding hydrogens is 424 g/mol. The van der Waals surface area contributed by atoms with Gasteiger partial charge in [0.15, 0.2) is 16.7 Å². The Hall–Kier alpha value is -3.45. The number of thioether (sulfide) groups is 1. The van der Waals surface area contributed by atoms with Gasteiger partial charge in [-0.1, -0.05) is 48.2 Å². The molecule has 1 aliphatic rings. The summed E-state index contributed by atoms with van der Waals surface area (Å²) in [6, 6.07) is 23.0. The first-order valence-corrected chi connectivity index (χ1v) is 11.0. The van der Waals surface area contributed by atoms with Crippen molar-refractivity contribution in [3.8, 4) is 17.2 Å². The minimum atomic E-state index is -0.154. The second-order valence-corrected chi connectivity index (χ2v) is 8.23. The predicted molar refractivity (Wildman–Crippen MR) is 129 cm³/mol.